The van der Waals surface area contributed by atoms with Crippen LogP contribution in [0.15, 0.2) is 84.9 Å². The number of para-hydroxylation sites is 1. The Morgan fingerprint density at radius 2 is 1.46 bits per heavy atom. The minimum absolute atomic E-state index is 0.136. The van der Waals surface area contributed by atoms with Gasteiger partial charge in [-0.2, -0.15) is 0 Å². The van der Waals surface area contributed by atoms with Crippen LogP contribution in [0.25, 0.3) is 0 Å². The molecular formula is C28H32ClN3O4S. The van der Waals surface area contributed by atoms with Crippen LogP contribution in [0, 0.1) is 0 Å². The number of nitrogens with one attached hydrogen (secondary N) is 1. The molecule has 0 aliphatic heterocycles. The molecule has 3 aromatic rings. The molecule has 196 valence electrons. The minimum Gasteiger partial charge on any atom is -0.354 e. The zero-order valence-electron chi connectivity index (χ0n) is 21.0. The minimum atomic E-state index is -3.86. The van der Waals surface area contributed by atoms with Crippen LogP contribution in [0.2, 0.25) is 5.02 Å². The Labute approximate surface area is 224 Å². The van der Waals surface area contributed by atoms with E-state index in [1.54, 1.807) is 24.3 Å². The first-order chi connectivity index (χ1) is 17.7. The molecule has 7 nitrogen and oxygen atoms in total. The van der Waals surface area contributed by atoms with E-state index in [9.17, 15) is 18.0 Å². The number of amides is 2. The highest BCUT2D eigenvalue weighted by Crippen LogP contribution is 2.27. The number of rotatable bonds is 12. The Balaban J connectivity index is 2.03. The number of anilines is 1. The lowest BCUT2D eigenvalue weighted by Gasteiger charge is -2.33. The monoisotopic (exact) mass is 541 g/mol. The molecule has 0 radical (unpaired) electrons. The van der Waals surface area contributed by atoms with E-state index in [4.69, 9.17) is 11.6 Å². The van der Waals surface area contributed by atoms with Crippen molar-refractivity contribution in [2.24, 2.45) is 0 Å². The van der Waals surface area contributed by atoms with E-state index in [-0.39, 0.29) is 29.6 Å². The maximum atomic E-state index is 13.9. The SMILES string of the molecule is CCCNC(=O)C(Cc1ccccc1)N(Cc1ccccc1)C(=O)CN(c1ccccc1Cl)S(C)(=O)=O. The fourth-order valence-corrected chi connectivity index (χ4v) is 5.10. The highest BCUT2D eigenvalue weighted by atomic mass is 35.5. The normalized spacial score (nSPS) is 12.0. The smallest absolute Gasteiger partial charge is 0.244 e. The lowest BCUT2D eigenvalue weighted by molar-refractivity contribution is -0.140. The number of benzene rings is 3. The summed E-state index contributed by atoms with van der Waals surface area (Å²) in [5, 5.41) is 3.12. The van der Waals surface area contributed by atoms with Crippen molar-refractivity contribution in [3.8, 4) is 0 Å². The van der Waals surface area contributed by atoms with Crippen LogP contribution >= 0.6 is 11.6 Å². The first-order valence-corrected chi connectivity index (χ1v) is 14.3. The Morgan fingerprint density at radius 1 is 0.892 bits per heavy atom. The molecule has 0 heterocycles. The number of halogens is 1. The van der Waals surface area contributed by atoms with Gasteiger partial charge in [-0.25, -0.2) is 8.42 Å². The van der Waals surface area contributed by atoms with Crippen molar-refractivity contribution in [3.63, 3.8) is 0 Å². The summed E-state index contributed by atoms with van der Waals surface area (Å²) in [6.45, 7) is 2.05. The topological polar surface area (TPSA) is 86.8 Å². The molecule has 1 N–H and O–H groups in total. The maximum absolute atomic E-state index is 13.9. The summed E-state index contributed by atoms with van der Waals surface area (Å²) >= 11 is 6.30. The molecule has 0 fully saturated rings. The molecular weight excluding hydrogens is 510 g/mol. The Bertz CT molecular complexity index is 1290. The van der Waals surface area contributed by atoms with E-state index in [2.05, 4.69) is 5.32 Å². The summed E-state index contributed by atoms with van der Waals surface area (Å²) in [5.41, 5.74) is 1.91. The summed E-state index contributed by atoms with van der Waals surface area (Å²) in [5.74, 6) is -0.805. The highest BCUT2D eigenvalue weighted by Gasteiger charge is 2.33. The van der Waals surface area contributed by atoms with Gasteiger partial charge in [0, 0.05) is 19.5 Å². The van der Waals surface area contributed by atoms with Crippen molar-refractivity contribution in [1.82, 2.24) is 10.2 Å². The van der Waals surface area contributed by atoms with Gasteiger partial charge in [-0.15, -0.1) is 0 Å². The molecule has 1 atom stereocenters. The standard InChI is InChI=1S/C28H32ClN3O4S/c1-3-18-30-28(34)26(19-22-12-6-4-7-13-22)31(20-23-14-8-5-9-15-23)27(33)21-32(37(2,35)36)25-17-11-10-16-24(25)29/h4-17,26H,3,18-21H2,1-2H3,(H,30,34). The molecule has 0 bridgehead atoms. The predicted octanol–water partition coefficient (Wildman–Crippen LogP) is 4.27. The van der Waals surface area contributed by atoms with Gasteiger partial charge in [0.25, 0.3) is 0 Å². The van der Waals surface area contributed by atoms with E-state index < -0.39 is 28.5 Å². The van der Waals surface area contributed by atoms with Crippen molar-refractivity contribution in [3.05, 3.63) is 101 Å². The number of carbonyl (C=O) groups is 2. The molecule has 37 heavy (non-hydrogen) atoms. The molecule has 3 aromatic carbocycles. The zero-order chi connectivity index (χ0) is 26.8. The lowest BCUT2D eigenvalue weighted by atomic mass is 10.0. The van der Waals surface area contributed by atoms with Crippen LogP contribution in [0.5, 0.6) is 0 Å². The summed E-state index contributed by atoms with van der Waals surface area (Å²) in [6, 6.07) is 24.4. The van der Waals surface area contributed by atoms with Crippen LogP contribution in [0.1, 0.15) is 24.5 Å². The summed E-state index contributed by atoms with van der Waals surface area (Å²) < 4.78 is 26.5. The summed E-state index contributed by atoms with van der Waals surface area (Å²) in [7, 11) is -3.86. The van der Waals surface area contributed by atoms with Gasteiger partial charge in [-0.05, 0) is 29.7 Å². The molecule has 2 amide bonds. The van der Waals surface area contributed by atoms with Gasteiger partial charge in [0.05, 0.1) is 17.0 Å². The van der Waals surface area contributed by atoms with Crippen molar-refractivity contribution in [2.75, 3.05) is 23.7 Å². The van der Waals surface area contributed by atoms with Crippen LogP contribution in [0.3, 0.4) is 0 Å². The van der Waals surface area contributed by atoms with Crippen molar-refractivity contribution in [1.29, 1.82) is 0 Å². The lowest BCUT2D eigenvalue weighted by Crippen LogP contribution is -2.53. The highest BCUT2D eigenvalue weighted by molar-refractivity contribution is 7.92. The average molecular weight is 542 g/mol. The van der Waals surface area contributed by atoms with Gasteiger partial charge < -0.3 is 10.2 Å². The second-order valence-corrected chi connectivity index (χ2v) is 11.0. The first-order valence-electron chi connectivity index (χ1n) is 12.1. The number of sulfonamides is 1. The van der Waals surface area contributed by atoms with Gasteiger partial charge in [-0.1, -0.05) is 91.3 Å². The number of carbonyl (C=O) groups excluding carboxylic acids is 2. The molecule has 0 saturated carbocycles. The van der Waals surface area contributed by atoms with Crippen molar-refractivity contribution in [2.45, 2.75) is 32.4 Å². The summed E-state index contributed by atoms with van der Waals surface area (Å²) in [6.07, 6.45) is 2.05. The second kappa shape index (κ2) is 13.3. The largest absolute Gasteiger partial charge is 0.354 e. The van der Waals surface area contributed by atoms with Crippen molar-refractivity contribution < 1.29 is 18.0 Å². The third kappa shape index (κ3) is 8.06. The van der Waals surface area contributed by atoms with Crippen LogP contribution in [-0.2, 0) is 32.6 Å². The van der Waals surface area contributed by atoms with Gasteiger partial charge in [0.2, 0.25) is 21.8 Å². The fraction of sp³-hybridized carbons (Fsp3) is 0.286. The van der Waals surface area contributed by atoms with E-state index >= 15 is 0 Å². The molecule has 1 unspecified atom stereocenters. The fourth-order valence-electron chi connectivity index (χ4n) is 3.95. The Kier molecular flexibility index (Phi) is 10.1. The molecule has 3 rings (SSSR count). The molecule has 0 aliphatic carbocycles. The Morgan fingerprint density at radius 3 is 2.03 bits per heavy atom. The molecule has 0 aromatic heterocycles. The van der Waals surface area contributed by atoms with Gasteiger partial charge in [0.1, 0.15) is 12.6 Å². The molecule has 0 aliphatic rings. The predicted molar refractivity (Wildman–Crippen MR) is 148 cm³/mol. The van der Waals surface area contributed by atoms with Crippen LogP contribution in [0.4, 0.5) is 5.69 Å². The van der Waals surface area contributed by atoms with Gasteiger partial charge in [0.15, 0.2) is 0 Å². The second-order valence-electron chi connectivity index (χ2n) is 8.72. The average Bonchev–Trinajstić information content (AvgIpc) is 2.89. The van der Waals surface area contributed by atoms with E-state index in [1.807, 2.05) is 67.6 Å². The molecule has 9 heteroatoms. The third-order valence-electron chi connectivity index (χ3n) is 5.82. The third-order valence-corrected chi connectivity index (χ3v) is 7.26. The first kappa shape index (κ1) is 28.2. The van der Waals surface area contributed by atoms with E-state index in [0.717, 1.165) is 28.1 Å². The maximum Gasteiger partial charge on any atom is 0.244 e. The molecule has 0 saturated heterocycles. The van der Waals surface area contributed by atoms with Crippen LogP contribution < -0.4 is 9.62 Å². The van der Waals surface area contributed by atoms with E-state index in [1.165, 1.54) is 4.90 Å². The quantitative estimate of drug-likeness (QED) is 0.371. The molecule has 0 spiro atoms. The number of hydrogen-bond donors (Lipinski definition) is 1. The Hall–Kier alpha value is -3.36. The van der Waals surface area contributed by atoms with Gasteiger partial charge >= 0.3 is 0 Å². The van der Waals surface area contributed by atoms with E-state index in [0.29, 0.717) is 6.54 Å². The van der Waals surface area contributed by atoms with Crippen molar-refractivity contribution >= 4 is 39.1 Å². The van der Waals surface area contributed by atoms with Gasteiger partial charge in [-0.3, -0.25) is 13.9 Å². The summed E-state index contributed by atoms with van der Waals surface area (Å²) in [4.78, 5) is 28.7. The number of hydrogen-bond acceptors (Lipinski definition) is 4. The number of nitrogens with zero attached hydrogens (tertiary/aromatic N) is 2. The zero-order valence-corrected chi connectivity index (χ0v) is 22.6. The van der Waals surface area contributed by atoms with Crippen LogP contribution in [-0.4, -0.2) is 50.5 Å².